The number of hydrogen-bond donors (Lipinski definition) is 1. The van der Waals surface area contributed by atoms with Crippen molar-refractivity contribution in [3.8, 4) is 0 Å². The Morgan fingerprint density at radius 1 is 1.13 bits per heavy atom. The quantitative estimate of drug-likeness (QED) is 0.439. The molecule has 0 spiro atoms. The van der Waals surface area contributed by atoms with Crippen molar-refractivity contribution >= 4 is 0 Å². The first-order valence-corrected chi connectivity index (χ1v) is 3.85. The molecule has 0 saturated carbocycles. The van der Waals surface area contributed by atoms with Gasteiger partial charge in [-0.05, 0) is 0 Å². The standard InChI is InChI=1S/C7H7N3O5/c11-7(6-4-2-1-3-5-6)8(9(12)13)10(14)15/h1-5,7,11H. The lowest BCUT2D eigenvalue weighted by atomic mass is 10.2. The predicted octanol–water partition coefficient (Wildman–Crippen LogP) is 0.363. The van der Waals surface area contributed by atoms with Crippen LogP contribution in [0.15, 0.2) is 30.3 Å². The average Bonchev–Trinajstić information content (AvgIpc) is 2.18. The van der Waals surface area contributed by atoms with Gasteiger partial charge in [0.25, 0.3) is 6.23 Å². The molecular formula is C7H7N3O5. The molecule has 80 valence electrons. The van der Waals surface area contributed by atoms with Gasteiger partial charge in [-0.3, -0.25) is 0 Å². The maximum atomic E-state index is 10.3. The van der Waals surface area contributed by atoms with E-state index in [0.717, 1.165) is 0 Å². The van der Waals surface area contributed by atoms with Gasteiger partial charge in [-0.15, -0.1) is 0 Å². The summed E-state index contributed by atoms with van der Waals surface area (Å²) >= 11 is 0. The largest absolute Gasteiger partial charge is 0.360 e. The third kappa shape index (κ3) is 2.38. The number of benzene rings is 1. The summed E-state index contributed by atoms with van der Waals surface area (Å²) in [6, 6.07) is 7.35. The molecule has 0 amide bonds. The van der Waals surface area contributed by atoms with Crippen LogP contribution in [0.5, 0.6) is 0 Å². The van der Waals surface area contributed by atoms with Gasteiger partial charge in [0.15, 0.2) is 5.12 Å². The van der Waals surface area contributed by atoms with Crippen LogP contribution in [0.4, 0.5) is 0 Å². The van der Waals surface area contributed by atoms with E-state index in [-0.39, 0.29) is 5.56 Å². The molecule has 0 saturated heterocycles. The van der Waals surface area contributed by atoms with Gasteiger partial charge in [-0.1, -0.05) is 30.3 Å². The van der Waals surface area contributed by atoms with Crippen LogP contribution in [0.3, 0.4) is 0 Å². The minimum Gasteiger partial charge on any atom is -0.360 e. The molecule has 0 bridgehead atoms. The Balaban J connectivity index is 2.96. The van der Waals surface area contributed by atoms with Crippen LogP contribution in [0.2, 0.25) is 0 Å². The van der Waals surface area contributed by atoms with E-state index < -0.39 is 21.4 Å². The fourth-order valence-electron chi connectivity index (χ4n) is 0.997. The highest BCUT2D eigenvalue weighted by Crippen LogP contribution is 2.16. The van der Waals surface area contributed by atoms with Gasteiger partial charge in [0.1, 0.15) is 0 Å². The lowest BCUT2D eigenvalue weighted by molar-refractivity contribution is -0.924. The minimum atomic E-state index is -1.91. The third-order valence-corrected chi connectivity index (χ3v) is 1.65. The van der Waals surface area contributed by atoms with Crippen molar-refractivity contribution in [2.45, 2.75) is 6.23 Å². The van der Waals surface area contributed by atoms with Gasteiger partial charge in [0.2, 0.25) is 10.1 Å². The number of nitro groups is 2. The second kappa shape index (κ2) is 4.33. The minimum absolute atomic E-state index is 0.0749. The summed E-state index contributed by atoms with van der Waals surface area (Å²) in [5.41, 5.74) is 0.0749. The highest BCUT2D eigenvalue weighted by Gasteiger charge is 2.37. The summed E-state index contributed by atoms with van der Waals surface area (Å²) < 4.78 is 0. The molecule has 1 rings (SSSR count). The van der Waals surface area contributed by atoms with Gasteiger partial charge < -0.3 is 5.11 Å². The molecule has 0 aliphatic heterocycles. The molecule has 0 heterocycles. The van der Waals surface area contributed by atoms with Crippen LogP contribution in [-0.2, 0) is 0 Å². The van der Waals surface area contributed by atoms with Crippen LogP contribution in [0.1, 0.15) is 11.8 Å². The van der Waals surface area contributed by atoms with Crippen LogP contribution in [0.25, 0.3) is 0 Å². The topological polar surface area (TPSA) is 110 Å². The molecule has 1 atom stereocenters. The fourth-order valence-corrected chi connectivity index (χ4v) is 0.997. The Kier molecular flexibility index (Phi) is 3.13. The van der Waals surface area contributed by atoms with Gasteiger partial charge in [0, 0.05) is 5.56 Å². The predicted molar refractivity (Wildman–Crippen MR) is 47.2 cm³/mol. The van der Waals surface area contributed by atoms with Crippen molar-refractivity contribution in [2.24, 2.45) is 0 Å². The number of hydrogen-bond acceptors (Lipinski definition) is 5. The summed E-state index contributed by atoms with van der Waals surface area (Å²) in [5, 5.41) is 26.9. The van der Waals surface area contributed by atoms with Crippen LogP contribution in [0, 0.1) is 20.2 Å². The summed E-state index contributed by atoms with van der Waals surface area (Å²) in [6.45, 7) is 0. The second-order valence-electron chi connectivity index (χ2n) is 2.58. The van der Waals surface area contributed by atoms with Gasteiger partial charge >= 0.3 is 0 Å². The van der Waals surface area contributed by atoms with Crippen LogP contribution >= 0.6 is 0 Å². The molecule has 0 aromatic heterocycles. The third-order valence-electron chi connectivity index (χ3n) is 1.65. The molecule has 0 radical (unpaired) electrons. The molecule has 0 fully saturated rings. The SMILES string of the molecule is O=[N+]([O-])N(C(O)c1ccccc1)[N+](=O)[O-]. The average molecular weight is 213 g/mol. The summed E-state index contributed by atoms with van der Waals surface area (Å²) in [7, 11) is 0. The number of nitrogens with zero attached hydrogens (tertiary/aromatic N) is 3. The lowest BCUT2D eigenvalue weighted by Gasteiger charge is -2.10. The van der Waals surface area contributed by atoms with Crippen molar-refractivity contribution in [2.75, 3.05) is 0 Å². The first kappa shape index (κ1) is 10.9. The lowest BCUT2D eigenvalue weighted by Crippen LogP contribution is -2.38. The van der Waals surface area contributed by atoms with Gasteiger partial charge in [-0.25, -0.2) is 20.2 Å². The smallest absolute Gasteiger partial charge is 0.282 e. The van der Waals surface area contributed by atoms with Crippen molar-refractivity contribution < 1.29 is 15.2 Å². The van der Waals surface area contributed by atoms with E-state index in [1.54, 1.807) is 6.07 Å². The molecular weight excluding hydrogens is 206 g/mol. The Hall–Kier alpha value is -2.22. The Labute approximate surface area is 83.6 Å². The highest BCUT2D eigenvalue weighted by atomic mass is 16.8. The molecule has 1 N–H and O–H groups in total. The molecule has 8 heteroatoms. The van der Waals surface area contributed by atoms with E-state index in [1.165, 1.54) is 24.3 Å². The summed E-state index contributed by atoms with van der Waals surface area (Å²) in [4.78, 5) is 20.6. The maximum absolute atomic E-state index is 10.3. The normalized spacial score (nSPS) is 11.8. The molecule has 8 nitrogen and oxygen atoms in total. The number of hydrazine groups is 2. The zero-order valence-electron chi connectivity index (χ0n) is 7.39. The molecule has 0 aliphatic carbocycles. The molecule has 1 aromatic rings. The highest BCUT2D eigenvalue weighted by molar-refractivity contribution is 5.16. The molecule has 1 aromatic carbocycles. The number of aliphatic hydroxyl groups excluding tert-OH is 1. The van der Waals surface area contributed by atoms with Gasteiger partial charge in [0.05, 0.1) is 0 Å². The van der Waals surface area contributed by atoms with Crippen molar-refractivity contribution in [3.05, 3.63) is 56.1 Å². The summed E-state index contributed by atoms with van der Waals surface area (Å²) in [5.74, 6) is 0. The van der Waals surface area contributed by atoms with Crippen molar-refractivity contribution in [1.82, 2.24) is 5.12 Å². The zero-order chi connectivity index (χ0) is 11.4. The summed E-state index contributed by atoms with van der Waals surface area (Å²) in [6.07, 6.45) is -1.91. The molecule has 1 unspecified atom stereocenters. The molecule has 15 heavy (non-hydrogen) atoms. The fraction of sp³-hybridized carbons (Fsp3) is 0.143. The first-order chi connectivity index (χ1) is 7.04. The number of rotatable bonds is 4. The number of aliphatic hydroxyl groups is 1. The monoisotopic (exact) mass is 213 g/mol. The Morgan fingerprint density at radius 3 is 2.00 bits per heavy atom. The first-order valence-electron chi connectivity index (χ1n) is 3.85. The second-order valence-corrected chi connectivity index (χ2v) is 2.58. The van der Waals surface area contributed by atoms with Crippen molar-refractivity contribution in [3.63, 3.8) is 0 Å². The molecule has 0 aliphatic rings. The van der Waals surface area contributed by atoms with Crippen molar-refractivity contribution in [1.29, 1.82) is 0 Å². The van der Waals surface area contributed by atoms with E-state index in [1.807, 2.05) is 0 Å². The maximum Gasteiger partial charge on any atom is 0.282 e. The van der Waals surface area contributed by atoms with E-state index in [9.17, 15) is 25.3 Å². The Bertz CT molecular complexity index is 354. The van der Waals surface area contributed by atoms with E-state index in [0.29, 0.717) is 0 Å². The van der Waals surface area contributed by atoms with E-state index >= 15 is 0 Å². The van der Waals surface area contributed by atoms with E-state index in [4.69, 9.17) is 0 Å². The van der Waals surface area contributed by atoms with E-state index in [2.05, 4.69) is 0 Å². The van der Waals surface area contributed by atoms with Crippen LogP contribution in [-0.4, -0.2) is 20.3 Å². The Morgan fingerprint density at radius 2 is 1.60 bits per heavy atom. The zero-order valence-corrected chi connectivity index (χ0v) is 7.39. The van der Waals surface area contributed by atoms with Crippen LogP contribution < -0.4 is 0 Å². The van der Waals surface area contributed by atoms with Gasteiger partial charge in [-0.2, -0.15) is 0 Å².